The number of carbonyl (C=O) groups is 1. The summed E-state index contributed by atoms with van der Waals surface area (Å²) in [5.74, 6) is 0.836. The highest BCUT2D eigenvalue weighted by Gasteiger charge is 2.21. The molecule has 0 bridgehead atoms. The Hall–Kier alpha value is -1.58. The maximum absolute atomic E-state index is 12.4. The Balaban J connectivity index is 2.06. The van der Waals surface area contributed by atoms with Crippen molar-refractivity contribution < 1.29 is 4.79 Å². The number of nitrogens with zero attached hydrogens (tertiary/aromatic N) is 2. The number of pyridine rings is 1. The van der Waals surface area contributed by atoms with Crippen molar-refractivity contribution >= 4 is 11.6 Å². The van der Waals surface area contributed by atoms with Gasteiger partial charge in [-0.05, 0) is 38.7 Å². The highest BCUT2D eigenvalue weighted by Crippen LogP contribution is 2.19. The van der Waals surface area contributed by atoms with Crippen LogP contribution in [0, 0.1) is 5.92 Å². The molecule has 0 atom stereocenters. The van der Waals surface area contributed by atoms with Crippen molar-refractivity contribution in [1.82, 2.24) is 9.88 Å². The minimum absolute atomic E-state index is 0.104. The lowest BCUT2D eigenvalue weighted by Crippen LogP contribution is -2.38. The molecule has 4 nitrogen and oxygen atoms in total. The molecule has 0 aliphatic carbocycles. The molecule has 4 heteroatoms. The van der Waals surface area contributed by atoms with Gasteiger partial charge in [0.25, 0.3) is 5.91 Å². The van der Waals surface area contributed by atoms with Gasteiger partial charge in [-0.2, -0.15) is 0 Å². The predicted octanol–water partition coefficient (Wildman–Crippen LogP) is 2.77. The first kappa shape index (κ1) is 13.8. The van der Waals surface area contributed by atoms with Gasteiger partial charge in [0, 0.05) is 31.5 Å². The van der Waals surface area contributed by atoms with E-state index in [-0.39, 0.29) is 5.91 Å². The molecule has 1 N–H and O–H groups in total. The molecule has 1 fully saturated rings. The number of nitrogens with one attached hydrogen (secondary N) is 1. The van der Waals surface area contributed by atoms with Crippen LogP contribution in [0.2, 0.25) is 0 Å². The van der Waals surface area contributed by atoms with E-state index >= 15 is 0 Å². The number of rotatable bonds is 3. The van der Waals surface area contributed by atoms with Crippen molar-refractivity contribution in [3.05, 3.63) is 24.0 Å². The summed E-state index contributed by atoms with van der Waals surface area (Å²) in [6.07, 6.45) is 5.62. The fourth-order valence-corrected chi connectivity index (χ4v) is 2.36. The average molecular weight is 261 g/mol. The minimum atomic E-state index is 0.104. The van der Waals surface area contributed by atoms with Crippen molar-refractivity contribution in [2.75, 3.05) is 18.4 Å². The third-order valence-electron chi connectivity index (χ3n) is 3.51. The van der Waals surface area contributed by atoms with Gasteiger partial charge in [0.2, 0.25) is 0 Å². The number of likely N-dealkylation sites (tertiary alicyclic amines) is 1. The molecule has 1 aromatic rings. The third kappa shape index (κ3) is 3.69. The van der Waals surface area contributed by atoms with Gasteiger partial charge in [0.15, 0.2) is 0 Å². The zero-order valence-electron chi connectivity index (χ0n) is 12.0. The van der Waals surface area contributed by atoms with E-state index in [1.165, 1.54) is 0 Å². The summed E-state index contributed by atoms with van der Waals surface area (Å²) in [7, 11) is 0. The van der Waals surface area contributed by atoms with E-state index in [2.05, 4.69) is 31.1 Å². The first-order valence-corrected chi connectivity index (χ1v) is 7.07. The van der Waals surface area contributed by atoms with Crippen LogP contribution in [0.1, 0.15) is 44.0 Å². The quantitative estimate of drug-likeness (QED) is 0.910. The maximum atomic E-state index is 12.4. The van der Waals surface area contributed by atoms with E-state index in [0.717, 1.165) is 37.5 Å². The van der Waals surface area contributed by atoms with E-state index < -0.39 is 0 Å². The molecule has 0 spiro atoms. The van der Waals surface area contributed by atoms with E-state index in [1.807, 2.05) is 11.0 Å². The van der Waals surface area contributed by atoms with Crippen LogP contribution in [0.15, 0.2) is 18.5 Å². The Labute approximate surface area is 115 Å². The molecule has 0 saturated carbocycles. The smallest absolute Gasteiger partial charge is 0.255 e. The highest BCUT2D eigenvalue weighted by molar-refractivity contribution is 5.94. The number of anilines is 1. The molecule has 1 aliphatic rings. The molecule has 1 amide bonds. The number of piperidine rings is 1. The normalized spacial score (nSPS) is 16.7. The van der Waals surface area contributed by atoms with Gasteiger partial charge in [0.05, 0.1) is 11.3 Å². The van der Waals surface area contributed by atoms with Gasteiger partial charge >= 0.3 is 0 Å². The van der Waals surface area contributed by atoms with Crippen LogP contribution in [0.25, 0.3) is 0 Å². The summed E-state index contributed by atoms with van der Waals surface area (Å²) < 4.78 is 0. The van der Waals surface area contributed by atoms with Crippen molar-refractivity contribution in [2.45, 2.75) is 39.7 Å². The van der Waals surface area contributed by atoms with Crippen molar-refractivity contribution in [3.63, 3.8) is 0 Å². The lowest BCUT2D eigenvalue weighted by atomic mass is 9.99. The molecule has 1 aliphatic heterocycles. The Kier molecular flexibility index (Phi) is 4.40. The second-order valence-electron chi connectivity index (χ2n) is 5.74. The molecule has 0 radical (unpaired) electrons. The van der Waals surface area contributed by atoms with Crippen LogP contribution in [0.4, 0.5) is 5.69 Å². The molecule has 0 unspecified atom stereocenters. The van der Waals surface area contributed by atoms with E-state index in [1.54, 1.807) is 12.4 Å². The SMILES string of the molecule is CC1CCN(C(=O)c2cncc(NC(C)C)c2)CC1. The minimum Gasteiger partial charge on any atom is -0.382 e. The first-order chi connectivity index (χ1) is 9.06. The van der Waals surface area contributed by atoms with E-state index in [9.17, 15) is 4.79 Å². The zero-order valence-corrected chi connectivity index (χ0v) is 12.0. The van der Waals surface area contributed by atoms with Crippen molar-refractivity contribution in [2.24, 2.45) is 5.92 Å². The van der Waals surface area contributed by atoms with Gasteiger partial charge in [-0.25, -0.2) is 0 Å². The number of amides is 1. The molecular formula is C15H23N3O. The lowest BCUT2D eigenvalue weighted by molar-refractivity contribution is 0.0697. The summed E-state index contributed by atoms with van der Waals surface area (Å²) in [5, 5.41) is 3.28. The Bertz CT molecular complexity index is 437. The van der Waals surface area contributed by atoms with Crippen LogP contribution in [0.3, 0.4) is 0 Å². The average Bonchev–Trinajstić information content (AvgIpc) is 2.38. The summed E-state index contributed by atoms with van der Waals surface area (Å²) in [5.41, 5.74) is 1.59. The zero-order chi connectivity index (χ0) is 13.8. The van der Waals surface area contributed by atoms with Crippen LogP contribution >= 0.6 is 0 Å². The van der Waals surface area contributed by atoms with Crippen molar-refractivity contribution in [3.8, 4) is 0 Å². The highest BCUT2D eigenvalue weighted by atomic mass is 16.2. The molecule has 1 aromatic heterocycles. The van der Waals surface area contributed by atoms with Crippen LogP contribution < -0.4 is 5.32 Å². The lowest BCUT2D eigenvalue weighted by Gasteiger charge is -2.30. The Morgan fingerprint density at radius 3 is 2.68 bits per heavy atom. The number of hydrogen-bond donors (Lipinski definition) is 1. The molecule has 2 rings (SSSR count). The van der Waals surface area contributed by atoms with Gasteiger partial charge < -0.3 is 10.2 Å². The van der Waals surface area contributed by atoms with E-state index in [4.69, 9.17) is 0 Å². The Morgan fingerprint density at radius 2 is 2.05 bits per heavy atom. The molecule has 2 heterocycles. The Morgan fingerprint density at radius 1 is 1.37 bits per heavy atom. The predicted molar refractivity (Wildman–Crippen MR) is 77.3 cm³/mol. The van der Waals surface area contributed by atoms with Crippen LogP contribution in [-0.2, 0) is 0 Å². The monoisotopic (exact) mass is 261 g/mol. The second-order valence-corrected chi connectivity index (χ2v) is 5.74. The third-order valence-corrected chi connectivity index (χ3v) is 3.51. The topological polar surface area (TPSA) is 45.2 Å². The summed E-state index contributed by atoms with van der Waals surface area (Å²) in [6.45, 7) is 8.11. The fraction of sp³-hybridized carbons (Fsp3) is 0.600. The second kappa shape index (κ2) is 6.04. The fourth-order valence-electron chi connectivity index (χ4n) is 2.36. The molecule has 19 heavy (non-hydrogen) atoms. The van der Waals surface area contributed by atoms with Crippen LogP contribution in [0.5, 0.6) is 0 Å². The van der Waals surface area contributed by atoms with Gasteiger partial charge in [-0.15, -0.1) is 0 Å². The summed E-state index contributed by atoms with van der Waals surface area (Å²) >= 11 is 0. The largest absolute Gasteiger partial charge is 0.382 e. The summed E-state index contributed by atoms with van der Waals surface area (Å²) in [4.78, 5) is 18.5. The van der Waals surface area contributed by atoms with Gasteiger partial charge in [0.1, 0.15) is 0 Å². The maximum Gasteiger partial charge on any atom is 0.255 e. The van der Waals surface area contributed by atoms with Crippen molar-refractivity contribution in [1.29, 1.82) is 0 Å². The number of carbonyl (C=O) groups excluding carboxylic acids is 1. The standard InChI is InChI=1S/C15H23N3O/c1-11(2)17-14-8-13(9-16-10-14)15(19)18-6-4-12(3)5-7-18/h8-12,17H,4-7H2,1-3H3. The van der Waals surface area contributed by atoms with Gasteiger partial charge in [-0.1, -0.05) is 6.92 Å². The summed E-state index contributed by atoms with van der Waals surface area (Å²) in [6, 6.07) is 2.23. The molecule has 104 valence electrons. The van der Waals surface area contributed by atoms with Crippen LogP contribution in [-0.4, -0.2) is 34.9 Å². The van der Waals surface area contributed by atoms with E-state index in [0.29, 0.717) is 11.6 Å². The number of hydrogen-bond acceptors (Lipinski definition) is 3. The molecule has 0 aromatic carbocycles. The first-order valence-electron chi connectivity index (χ1n) is 7.07. The molecular weight excluding hydrogens is 238 g/mol. The molecule has 1 saturated heterocycles. The van der Waals surface area contributed by atoms with Gasteiger partial charge in [-0.3, -0.25) is 9.78 Å². The number of aromatic nitrogens is 1.